The summed E-state index contributed by atoms with van der Waals surface area (Å²) in [5.41, 5.74) is 0.929. The average molecular weight is 461 g/mol. The van der Waals surface area contributed by atoms with Crippen LogP contribution in [-0.2, 0) is 0 Å². The Morgan fingerprint density at radius 2 is 1.96 bits per heavy atom. The van der Waals surface area contributed by atoms with E-state index in [9.17, 15) is 14.9 Å². The summed E-state index contributed by atoms with van der Waals surface area (Å²) in [5, 5.41) is 16.5. The van der Waals surface area contributed by atoms with E-state index in [0.717, 1.165) is 10.2 Å². The van der Waals surface area contributed by atoms with Crippen molar-refractivity contribution in [3.63, 3.8) is 0 Å². The quantitative estimate of drug-likeness (QED) is 0.336. The molecule has 0 atom stereocenters. The molecule has 0 aliphatic carbocycles. The van der Waals surface area contributed by atoms with Crippen molar-refractivity contribution >= 4 is 50.7 Å². The van der Waals surface area contributed by atoms with Gasteiger partial charge in [0.05, 0.1) is 16.2 Å². The Balaban J connectivity index is 1.71. The predicted molar refractivity (Wildman–Crippen MR) is 111 cm³/mol. The maximum absolute atomic E-state index is 12.3. The number of furan rings is 1. The molecule has 0 radical (unpaired) electrons. The molecule has 0 unspecified atom stereocenters. The number of para-hydroxylation sites is 1. The number of pyridine rings is 1. The van der Waals surface area contributed by atoms with Crippen molar-refractivity contribution in [1.82, 2.24) is 10.3 Å². The van der Waals surface area contributed by atoms with E-state index in [1.807, 2.05) is 6.92 Å². The molecule has 0 bridgehead atoms. The van der Waals surface area contributed by atoms with Crippen molar-refractivity contribution in [3.8, 4) is 11.3 Å². The Labute approximate surface area is 173 Å². The zero-order valence-corrected chi connectivity index (χ0v) is 16.8. The number of carbonyl (C=O) groups excluding carboxylic acids is 1. The molecule has 2 aromatic heterocycles. The molecule has 0 fully saturated rings. The number of nitrogens with one attached hydrogen (secondary N) is 2. The minimum Gasteiger partial charge on any atom is -0.451 e. The van der Waals surface area contributed by atoms with Crippen LogP contribution in [-0.4, -0.2) is 20.9 Å². The number of nitro benzene ring substituents is 1. The Hall–Kier alpha value is -3.11. The first-order chi connectivity index (χ1) is 13.3. The van der Waals surface area contributed by atoms with E-state index < -0.39 is 10.8 Å². The second kappa shape index (κ2) is 8.28. The maximum atomic E-state index is 12.3. The van der Waals surface area contributed by atoms with Crippen LogP contribution < -0.4 is 10.6 Å². The number of anilines is 1. The number of aryl methyl sites for hydroxylation is 1. The van der Waals surface area contributed by atoms with Crippen LogP contribution >= 0.6 is 28.1 Å². The van der Waals surface area contributed by atoms with E-state index in [0.29, 0.717) is 5.82 Å². The number of aromatic nitrogens is 1. The third kappa shape index (κ3) is 4.41. The van der Waals surface area contributed by atoms with Crippen molar-refractivity contribution in [2.45, 2.75) is 6.92 Å². The van der Waals surface area contributed by atoms with Gasteiger partial charge in [-0.25, -0.2) is 4.98 Å². The maximum Gasteiger partial charge on any atom is 0.293 e. The minimum absolute atomic E-state index is 0.0303. The zero-order valence-electron chi connectivity index (χ0n) is 14.4. The molecular weight excluding hydrogens is 448 g/mol. The average Bonchev–Trinajstić information content (AvgIpc) is 3.15. The lowest BCUT2D eigenvalue weighted by atomic mass is 10.1. The molecule has 0 saturated heterocycles. The number of benzene rings is 1. The number of halogens is 1. The fourth-order valence-electron chi connectivity index (χ4n) is 2.37. The summed E-state index contributed by atoms with van der Waals surface area (Å²) in [4.78, 5) is 27.3. The largest absolute Gasteiger partial charge is 0.451 e. The van der Waals surface area contributed by atoms with Crippen LogP contribution in [0.3, 0.4) is 0 Å². The van der Waals surface area contributed by atoms with Gasteiger partial charge >= 0.3 is 0 Å². The molecule has 2 heterocycles. The molecule has 0 aliphatic rings. The van der Waals surface area contributed by atoms with Gasteiger partial charge in [-0.2, -0.15) is 0 Å². The number of carbonyl (C=O) groups is 1. The van der Waals surface area contributed by atoms with Crippen LogP contribution in [0.1, 0.15) is 16.2 Å². The molecule has 2 N–H and O–H groups in total. The summed E-state index contributed by atoms with van der Waals surface area (Å²) in [5.74, 6) is 0.0704. The normalized spacial score (nSPS) is 10.4. The lowest BCUT2D eigenvalue weighted by Gasteiger charge is -2.09. The summed E-state index contributed by atoms with van der Waals surface area (Å²) in [6.07, 6.45) is 0. The number of thiocarbonyl (C=S) groups is 1. The third-order valence-electron chi connectivity index (χ3n) is 3.69. The molecule has 0 saturated carbocycles. The van der Waals surface area contributed by atoms with Crippen molar-refractivity contribution in [1.29, 1.82) is 0 Å². The third-order valence-corrected chi connectivity index (χ3v) is 4.73. The van der Waals surface area contributed by atoms with E-state index in [4.69, 9.17) is 16.6 Å². The monoisotopic (exact) mass is 460 g/mol. The molecule has 142 valence electrons. The molecular formula is C18H13BrN4O4S. The van der Waals surface area contributed by atoms with Crippen LogP contribution in [0, 0.1) is 17.0 Å². The van der Waals surface area contributed by atoms with E-state index in [2.05, 4.69) is 31.5 Å². The molecule has 1 amide bonds. The fraction of sp³-hybridized carbons (Fsp3) is 0.0556. The first kappa shape index (κ1) is 19.6. The number of amides is 1. The summed E-state index contributed by atoms with van der Waals surface area (Å²) < 4.78 is 6.34. The Morgan fingerprint density at radius 3 is 2.68 bits per heavy atom. The highest BCUT2D eigenvalue weighted by molar-refractivity contribution is 9.10. The lowest BCUT2D eigenvalue weighted by molar-refractivity contribution is -0.384. The van der Waals surface area contributed by atoms with Gasteiger partial charge in [0.25, 0.3) is 11.6 Å². The predicted octanol–water partition coefficient (Wildman–Crippen LogP) is 4.45. The number of rotatable bonds is 4. The SMILES string of the molecule is Cc1nc(NC(=S)NC(=O)c2ccc(-c3ccccc3[N+](=O)[O-])o2)ccc1Br. The number of hydrogen-bond donors (Lipinski definition) is 2. The Kier molecular flexibility index (Phi) is 5.81. The van der Waals surface area contributed by atoms with Crippen LogP contribution in [0.5, 0.6) is 0 Å². The molecule has 28 heavy (non-hydrogen) atoms. The van der Waals surface area contributed by atoms with Gasteiger partial charge in [0.15, 0.2) is 10.9 Å². The van der Waals surface area contributed by atoms with Gasteiger partial charge in [-0.05, 0) is 65.4 Å². The van der Waals surface area contributed by atoms with Gasteiger partial charge in [0.2, 0.25) is 0 Å². The van der Waals surface area contributed by atoms with Crippen molar-refractivity contribution in [2.24, 2.45) is 0 Å². The first-order valence-corrected chi connectivity index (χ1v) is 9.14. The van der Waals surface area contributed by atoms with Crippen LogP contribution in [0.4, 0.5) is 11.5 Å². The van der Waals surface area contributed by atoms with Crippen LogP contribution in [0.15, 0.2) is 57.4 Å². The second-order valence-corrected chi connectivity index (χ2v) is 6.87. The van der Waals surface area contributed by atoms with Gasteiger partial charge in [-0.3, -0.25) is 20.2 Å². The zero-order chi connectivity index (χ0) is 20.3. The van der Waals surface area contributed by atoms with Crippen molar-refractivity contribution in [3.05, 3.63) is 74.6 Å². The smallest absolute Gasteiger partial charge is 0.293 e. The molecule has 0 aliphatic heterocycles. The lowest BCUT2D eigenvalue weighted by Crippen LogP contribution is -2.34. The molecule has 8 nitrogen and oxygen atoms in total. The summed E-state index contributed by atoms with van der Waals surface area (Å²) in [6, 6.07) is 12.5. The molecule has 1 aromatic carbocycles. The van der Waals surface area contributed by atoms with Gasteiger partial charge < -0.3 is 9.73 Å². The van der Waals surface area contributed by atoms with Gasteiger partial charge in [-0.1, -0.05) is 12.1 Å². The minimum atomic E-state index is -0.587. The molecule has 3 rings (SSSR count). The van der Waals surface area contributed by atoms with E-state index in [1.54, 1.807) is 30.3 Å². The molecule has 10 heteroatoms. The van der Waals surface area contributed by atoms with Crippen molar-refractivity contribution < 1.29 is 14.1 Å². The highest BCUT2D eigenvalue weighted by Crippen LogP contribution is 2.30. The van der Waals surface area contributed by atoms with Crippen molar-refractivity contribution in [2.75, 3.05) is 5.32 Å². The summed E-state index contributed by atoms with van der Waals surface area (Å²) in [7, 11) is 0. The van der Waals surface area contributed by atoms with E-state index in [1.165, 1.54) is 18.2 Å². The summed E-state index contributed by atoms with van der Waals surface area (Å²) >= 11 is 8.47. The highest BCUT2D eigenvalue weighted by atomic mass is 79.9. The molecule has 0 spiro atoms. The number of nitrogens with zero attached hydrogens (tertiary/aromatic N) is 2. The molecule has 3 aromatic rings. The number of hydrogen-bond acceptors (Lipinski definition) is 6. The Bertz CT molecular complexity index is 1080. The topological polar surface area (TPSA) is 110 Å². The van der Waals surface area contributed by atoms with Gasteiger partial charge in [0.1, 0.15) is 11.6 Å². The second-order valence-electron chi connectivity index (χ2n) is 5.61. The van der Waals surface area contributed by atoms with E-state index >= 15 is 0 Å². The fourth-order valence-corrected chi connectivity index (χ4v) is 2.79. The first-order valence-electron chi connectivity index (χ1n) is 7.94. The Morgan fingerprint density at radius 1 is 1.21 bits per heavy atom. The standard InChI is InChI=1S/C18H13BrN4O4S/c1-10-12(19)6-9-16(20-10)21-18(28)22-17(24)15-8-7-14(27-15)11-4-2-3-5-13(11)23(25)26/h2-9H,1H3,(H2,20,21,22,24,28). The van der Waals surface area contributed by atoms with E-state index in [-0.39, 0.29) is 27.9 Å². The van der Waals surface area contributed by atoms with Gasteiger partial charge in [-0.15, -0.1) is 0 Å². The highest BCUT2D eigenvalue weighted by Gasteiger charge is 2.19. The van der Waals surface area contributed by atoms with Crippen LogP contribution in [0.2, 0.25) is 0 Å². The van der Waals surface area contributed by atoms with Gasteiger partial charge in [0, 0.05) is 10.5 Å². The van der Waals surface area contributed by atoms with Crippen LogP contribution in [0.25, 0.3) is 11.3 Å². The number of nitro groups is 1. The summed E-state index contributed by atoms with van der Waals surface area (Å²) in [6.45, 7) is 1.82.